The van der Waals surface area contributed by atoms with Crippen LogP contribution in [0.15, 0.2) is 30.6 Å². The molecule has 1 aliphatic carbocycles. The predicted molar refractivity (Wildman–Crippen MR) is 133 cm³/mol. The molecule has 34 heavy (non-hydrogen) atoms. The van der Waals surface area contributed by atoms with Gasteiger partial charge in [0.2, 0.25) is 0 Å². The molecule has 1 N–H and O–H groups in total. The third kappa shape index (κ3) is 4.51. The highest BCUT2D eigenvalue weighted by molar-refractivity contribution is 5.91. The maximum atomic E-state index is 14.4. The SMILES string of the molecule is CCNc1cc2c(cn1)c(C1=CCN(C)CC1)nn2C1CCC(Oc2nccc(C)c2F)CC1. The fraction of sp³-hybridized carbons (Fsp3) is 0.500. The Balaban J connectivity index is 1.39. The van der Waals surface area contributed by atoms with Crippen LogP contribution >= 0.6 is 0 Å². The Morgan fingerprint density at radius 3 is 2.76 bits per heavy atom. The number of fused-ring (bicyclic) bond motifs is 1. The third-order valence-corrected chi connectivity index (χ3v) is 6.98. The average Bonchev–Trinajstić information content (AvgIpc) is 3.22. The second kappa shape index (κ2) is 9.70. The van der Waals surface area contributed by atoms with Crippen LogP contribution in [0.5, 0.6) is 5.88 Å². The first-order valence-corrected chi connectivity index (χ1v) is 12.3. The number of anilines is 1. The molecular formula is C26H33FN6O. The number of aromatic nitrogens is 4. The van der Waals surface area contributed by atoms with Crippen LogP contribution in [0.3, 0.4) is 0 Å². The molecular weight excluding hydrogens is 431 g/mol. The molecule has 3 aromatic rings. The molecule has 1 fully saturated rings. The fourth-order valence-electron chi connectivity index (χ4n) is 4.97. The van der Waals surface area contributed by atoms with Crippen LogP contribution in [-0.4, -0.2) is 57.4 Å². The van der Waals surface area contributed by atoms with Gasteiger partial charge in [0, 0.05) is 43.5 Å². The molecule has 1 saturated carbocycles. The van der Waals surface area contributed by atoms with Crippen molar-refractivity contribution in [1.82, 2.24) is 24.6 Å². The zero-order valence-corrected chi connectivity index (χ0v) is 20.2. The molecule has 0 saturated heterocycles. The lowest BCUT2D eigenvalue weighted by atomic mass is 9.93. The molecule has 0 amide bonds. The number of nitrogens with zero attached hydrogens (tertiary/aromatic N) is 5. The Hall–Kier alpha value is -3.00. The summed E-state index contributed by atoms with van der Waals surface area (Å²) in [5.41, 5.74) is 4.04. The summed E-state index contributed by atoms with van der Waals surface area (Å²) in [7, 11) is 2.15. The normalized spacial score (nSPS) is 21.5. The quantitative estimate of drug-likeness (QED) is 0.555. The van der Waals surface area contributed by atoms with E-state index in [-0.39, 0.29) is 23.8 Å². The number of aryl methyl sites for hydroxylation is 1. The molecule has 0 spiro atoms. The number of pyridine rings is 2. The standard InChI is InChI=1S/C26H33FN6O/c1-4-28-23-15-22-21(16-30-23)25(18-10-13-32(3)14-11-18)31-33(22)19-5-7-20(8-6-19)34-26-24(27)17(2)9-12-29-26/h9-10,12,15-16,19-20H,4-8,11,13-14H2,1-3H3,(H,28,30). The van der Waals surface area contributed by atoms with E-state index in [0.717, 1.165) is 74.2 Å². The number of halogens is 1. The topological polar surface area (TPSA) is 68.1 Å². The maximum Gasteiger partial charge on any atom is 0.250 e. The van der Waals surface area contributed by atoms with Crippen molar-refractivity contribution < 1.29 is 9.13 Å². The number of likely N-dealkylation sites (N-methyl/N-ethyl adjacent to an activating group) is 1. The molecule has 0 radical (unpaired) electrons. The van der Waals surface area contributed by atoms with Gasteiger partial charge in [0.25, 0.3) is 5.88 Å². The molecule has 0 atom stereocenters. The molecule has 0 unspecified atom stereocenters. The van der Waals surface area contributed by atoms with E-state index in [0.29, 0.717) is 5.56 Å². The first-order chi connectivity index (χ1) is 16.5. The van der Waals surface area contributed by atoms with E-state index < -0.39 is 0 Å². The predicted octanol–water partition coefficient (Wildman–Crippen LogP) is 4.99. The van der Waals surface area contributed by atoms with Crippen LogP contribution in [0.4, 0.5) is 10.2 Å². The zero-order valence-electron chi connectivity index (χ0n) is 20.2. The van der Waals surface area contributed by atoms with Crippen molar-refractivity contribution in [2.45, 2.75) is 58.1 Å². The van der Waals surface area contributed by atoms with E-state index >= 15 is 0 Å². The van der Waals surface area contributed by atoms with E-state index in [9.17, 15) is 4.39 Å². The number of ether oxygens (including phenoxy) is 1. The van der Waals surface area contributed by atoms with Crippen LogP contribution in [-0.2, 0) is 0 Å². The van der Waals surface area contributed by atoms with Crippen LogP contribution in [0.1, 0.15) is 56.3 Å². The molecule has 0 bridgehead atoms. The molecule has 2 aliphatic rings. The van der Waals surface area contributed by atoms with Crippen molar-refractivity contribution in [1.29, 1.82) is 0 Å². The van der Waals surface area contributed by atoms with Gasteiger partial charge in [-0.05, 0) is 70.2 Å². The number of hydrogen-bond donors (Lipinski definition) is 1. The van der Waals surface area contributed by atoms with Gasteiger partial charge in [-0.3, -0.25) is 4.68 Å². The molecule has 5 rings (SSSR count). The van der Waals surface area contributed by atoms with Gasteiger partial charge in [-0.25, -0.2) is 14.4 Å². The molecule has 1 aliphatic heterocycles. The lowest BCUT2D eigenvalue weighted by Gasteiger charge is -2.29. The van der Waals surface area contributed by atoms with E-state index in [2.05, 4.69) is 51.0 Å². The van der Waals surface area contributed by atoms with Gasteiger partial charge in [0.1, 0.15) is 11.9 Å². The molecule has 4 heterocycles. The summed E-state index contributed by atoms with van der Waals surface area (Å²) in [6.45, 7) is 6.61. The average molecular weight is 465 g/mol. The minimum Gasteiger partial charge on any atom is -0.472 e. The Bertz CT molecular complexity index is 1200. The van der Waals surface area contributed by atoms with Gasteiger partial charge >= 0.3 is 0 Å². The summed E-state index contributed by atoms with van der Waals surface area (Å²) < 4.78 is 22.5. The molecule has 7 nitrogen and oxygen atoms in total. The van der Waals surface area contributed by atoms with Crippen molar-refractivity contribution in [3.63, 3.8) is 0 Å². The fourth-order valence-corrected chi connectivity index (χ4v) is 4.97. The highest BCUT2D eigenvalue weighted by Crippen LogP contribution is 2.36. The highest BCUT2D eigenvalue weighted by Gasteiger charge is 2.28. The second-order valence-electron chi connectivity index (χ2n) is 9.45. The Kier molecular flexibility index (Phi) is 6.50. The van der Waals surface area contributed by atoms with Crippen LogP contribution in [0.25, 0.3) is 16.5 Å². The minimum atomic E-state index is -0.359. The number of nitrogens with one attached hydrogen (secondary N) is 1. The minimum absolute atomic E-state index is 0.0306. The first-order valence-electron chi connectivity index (χ1n) is 12.3. The molecule has 0 aromatic carbocycles. The summed E-state index contributed by atoms with van der Waals surface area (Å²) in [4.78, 5) is 11.1. The maximum absolute atomic E-state index is 14.4. The van der Waals surface area contributed by atoms with Crippen LogP contribution in [0, 0.1) is 12.7 Å². The van der Waals surface area contributed by atoms with Gasteiger partial charge in [-0.2, -0.15) is 5.10 Å². The summed E-state index contributed by atoms with van der Waals surface area (Å²) in [5, 5.41) is 9.59. The zero-order chi connectivity index (χ0) is 23.7. The summed E-state index contributed by atoms with van der Waals surface area (Å²) >= 11 is 0. The lowest BCUT2D eigenvalue weighted by Crippen LogP contribution is -2.27. The van der Waals surface area contributed by atoms with Crippen molar-refractivity contribution in [2.75, 3.05) is 32.0 Å². The van der Waals surface area contributed by atoms with Gasteiger partial charge < -0.3 is 15.0 Å². The highest BCUT2D eigenvalue weighted by atomic mass is 19.1. The number of rotatable bonds is 6. The summed E-state index contributed by atoms with van der Waals surface area (Å²) in [6, 6.07) is 4.06. The van der Waals surface area contributed by atoms with Crippen molar-refractivity contribution >= 4 is 22.3 Å². The molecule has 180 valence electrons. The van der Waals surface area contributed by atoms with Crippen molar-refractivity contribution in [2.24, 2.45) is 0 Å². The van der Waals surface area contributed by atoms with Gasteiger partial charge in [-0.1, -0.05) is 6.08 Å². The monoisotopic (exact) mass is 464 g/mol. The lowest BCUT2D eigenvalue weighted by molar-refractivity contribution is 0.120. The van der Waals surface area contributed by atoms with E-state index in [1.54, 1.807) is 19.2 Å². The van der Waals surface area contributed by atoms with E-state index in [1.807, 2.05) is 6.20 Å². The largest absolute Gasteiger partial charge is 0.472 e. The van der Waals surface area contributed by atoms with E-state index in [1.165, 1.54) is 5.57 Å². The third-order valence-electron chi connectivity index (χ3n) is 6.98. The van der Waals surface area contributed by atoms with Crippen LogP contribution < -0.4 is 10.1 Å². The summed E-state index contributed by atoms with van der Waals surface area (Å²) in [5.74, 6) is 0.631. The number of hydrogen-bond acceptors (Lipinski definition) is 6. The van der Waals surface area contributed by atoms with E-state index in [4.69, 9.17) is 9.84 Å². The van der Waals surface area contributed by atoms with Gasteiger partial charge in [-0.15, -0.1) is 0 Å². The molecule has 3 aromatic heterocycles. The van der Waals surface area contributed by atoms with Crippen LogP contribution in [0.2, 0.25) is 0 Å². The Labute approximate surface area is 200 Å². The summed E-state index contributed by atoms with van der Waals surface area (Å²) in [6.07, 6.45) is 10.4. The Morgan fingerprint density at radius 1 is 1.21 bits per heavy atom. The second-order valence-corrected chi connectivity index (χ2v) is 9.45. The molecule has 8 heteroatoms. The van der Waals surface area contributed by atoms with Crippen molar-refractivity contribution in [3.05, 3.63) is 47.7 Å². The van der Waals surface area contributed by atoms with Gasteiger partial charge in [0.15, 0.2) is 5.82 Å². The smallest absolute Gasteiger partial charge is 0.250 e. The van der Waals surface area contributed by atoms with Crippen molar-refractivity contribution in [3.8, 4) is 5.88 Å². The first kappa shape index (κ1) is 22.8. The Morgan fingerprint density at radius 2 is 2.03 bits per heavy atom. The van der Waals surface area contributed by atoms with Gasteiger partial charge in [0.05, 0.1) is 17.3 Å².